The lowest BCUT2D eigenvalue weighted by Crippen LogP contribution is -2.16. The van der Waals surface area contributed by atoms with Gasteiger partial charge in [0.25, 0.3) is 10.0 Å². The first-order valence-corrected chi connectivity index (χ1v) is 11.9. The van der Waals surface area contributed by atoms with E-state index >= 15 is 0 Å². The van der Waals surface area contributed by atoms with Gasteiger partial charge in [0.1, 0.15) is 5.75 Å². The monoisotopic (exact) mass is 466 g/mol. The lowest BCUT2D eigenvalue weighted by Gasteiger charge is -2.09. The van der Waals surface area contributed by atoms with E-state index in [4.69, 9.17) is 4.74 Å². The van der Waals surface area contributed by atoms with Gasteiger partial charge in [-0.15, -0.1) is 0 Å². The number of sulfonamides is 1. The summed E-state index contributed by atoms with van der Waals surface area (Å²) in [6.07, 6.45) is 4.03. The lowest BCUT2D eigenvalue weighted by atomic mass is 10.2. The largest absolute Gasteiger partial charge is 0.494 e. The Hall–Kier alpha value is -3.72. The van der Waals surface area contributed by atoms with Crippen LogP contribution in [-0.2, 0) is 14.8 Å². The highest BCUT2D eigenvalue weighted by Gasteiger charge is 2.16. The third-order valence-corrected chi connectivity index (χ3v) is 5.76. The molecule has 0 aliphatic carbocycles. The highest BCUT2D eigenvalue weighted by Crippen LogP contribution is 2.18. The van der Waals surface area contributed by atoms with E-state index in [2.05, 4.69) is 20.0 Å². The van der Waals surface area contributed by atoms with Gasteiger partial charge in [-0.2, -0.15) is 0 Å². The van der Waals surface area contributed by atoms with E-state index in [0.29, 0.717) is 23.7 Å². The number of carbonyl (C=O) groups excluding carboxylic acids is 1. The quantitative estimate of drug-likeness (QED) is 0.454. The van der Waals surface area contributed by atoms with E-state index in [9.17, 15) is 13.2 Å². The van der Waals surface area contributed by atoms with Crippen molar-refractivity contribution in [3.8, 4) is 5.75 Å². The highest BCUT2D eigenvalue weighted by atomic mass is 32.2. The molecule has 0 unspecified atom stereocenters. The molecular weight excluding hydrogens is 440 g/mol. The van der Waals surface area contributed by atoms with Crippen molar-refractivity contribution >= 4 is 33.6 Å². The molecule has 2 aromatic carbocycles. The molecule has 0 aliphatic rings. The van der Waals surface area contributed by atoms with Crippen LogP contribution in [0.5, 0.6) is 5.75 Å². The number of amides is 1. The number of rotatable bonds is 9. The first-order valence-electron chi connectivity index (χ1n) is 10.4. The van der Waals surface area contributed by atoms with E-state index in [1.54, 1.807) is 26.0 Å². The molecule has 3 rings (SSSR count). The SMILES string of the molecule is CCCOc1ccc(C=CC(=O)Nc2ccc(S(=O)(=O)Nc3nc(C)cc(C)n3)cc2)cc1. The molecule has 0 aliphatic heterocycles. The highest BCUT2D eigenvalue weighted by molar-refractivity contribution is 7.92. The first-order chi connectivity index (χ1) is 15.7. The van der Waals surface area contributed by atoms with Crippen molar-refractivity contribution < 1.29 is 17.9 Å². The predicted molar refractivity (Wildman–Crippen MR) is 129 cm³/mol. The number of hydrogen-bond acceptors (Lipinski definition) is 6. The summed E-state index contributed by atoms with van der Waals surface area (Å²) in [5.74, 6) is 0.464. The summed E-state index contributed by atoms with van der Waals surface area (Å²) in [5.41, 5.74) is 2.64. The van der Waals surface area contributed by atoms with Crippen LogP contribution in [0.25, 0.3) is 6.08 Å². The van der Waals surface area contributed by atoms with Crippen molar-refractivity contribution in [2.45, 2.75) is 32.1 Å². The molecule has 0 spiro atoms. The van der Waals surface area contributed by atoms with Crippen LogP contribution >= 0.6 is 0 Å². The summed E-state index contributed by atoms with van der Waals surface area (Å²) in [6, 6.07) is 15.0. The van der Waals surface area contributed by atoms with Gasteiger partial charge in [0.15, 0.2) is 0 Å². The summed E-state index contributed by atoms with van der Waals surface area (Å²) in [4.78, 5) is 20.4. The van der Waals surface area contributed by atoms with Gasteiger partial charge in [-0.25, -0.2) is 23.1 Å². The van der Waals surface area contributed by atoms with Gasteiger partial charge in [0.2, 0.25) is 11.9 Å². The minimum absolute atomic E-state index is 0.0139. The molecule has 0 atom stereocenters. The Morgan fingerprint density at radius 2 is 1.64 bits per heavy atom. The summed E-state index contributed by atoms with van der Waals surface area (Å²) < 4.78 is 33.1. The Labute approximate surface area is 193 Å². The minimum Gasteiger partial charge on any atom is -0.494 e. The number of aromatic nitrogens is 2. The van der Waals surface area contributed by atoms with E-state index in [0.717, 1.165) is 17.7 Å². The number of hydrogen-bond donors (Lipinski definition) is 2. The lowest BCUT2D eigenvalue weighted by molar-refractivity contribution is -0.111. The van der Waals surface area contributed by atoms with Crippen molar-refractivity contribution in [1.82, 2.24) is 9.97 Å². The molecule has 3 aromatic rings. The Balaban J connectivity index is 1.60. The fourth-order valence-electron chi connectivity index (χ4n) is 2.92. The molecule has 0 saturated carbocycles. The average Bonchev–Trinajstić information content (AvgIpc) is 2.76. The molecule has 0 radical (unpaired) electrons. The topological polar surface area (TPSA) is 110 Å². The molecular formula is C24H26N4O4S. The van der Waals surface area contributed by atoms with Gasteiger partial charge >= 0.3 is 0 Å². The number of nitrogens with zero attached hydrogens (tertiary/aromatic N) is 2. The van der Waals surface area contributed by atoms with E-state index in [1.165, 1.54) is 30.3 Å². The maximum atomic E-state index is 12.6. The van der Waals surface area contributed by atoms with E-state index in [-0.39, 0.29) is 16.8 Å². The summed E-state index contributed by atoms with van der Waals surface area (Å²) in [6.45, 7) is 6.22. The van der Waals surface area contributed by atoms with Crippen LogP contribution in [-0.4, -0.2) is 30.9 Å². The van der Waals surface area contributed by atoms with Crippen LogP contribution in [0.4, 0.5) is 11.6 Å². The van der Waals surface area contributed by atoms with Gasteiger partial charge < -0.3 is 10.1 Å². The molecule has 0 fully saturated rings. The van der Waals surface area contributed by atoms with Crippen molar-refractivity contribution in [3.05, 3.63) is 77.6 Å². The molecule has 0 saturated heterocycles. The number of aryl methyl sites for hydroxylation is 2. The van der Waals surface area contributed by atoms with Crippen LogP contribution in [0.2, 0.25) is 0 Å². The van der Waals surface area contributed by atoms with E-state index < -0.39 is 10.0 Å². The normalized spacial score (nSPS) is 11.4. The van der Waals surface area contributed by atoms with Crippen molar-refractivity contribution in [2.75, 3.05) is 16.6 Å². The number of ether oxygens (including phenoxy) is 1. The zero-order valence-electron chi connectivity index (χ0n) is 18.7. The average molecular weight is 467 g/mol. The minimum atomic E-state index is -3.86. The summed E-state index contributed by atoms with van der Waals surface area (Å²) >= 11 is 0. The van der Waals surface area contributed by atoms with E-state index in [1.807, 2.05) is 31.2 Å². The van der Waals surface area contributed by atoms with Crippen molar-refractivity contribution in [2.24, 2.45) is 0 Å². The Kier molecular flexibility index (Phi) is 7.78. The van der Waals surface area contributed by atoms with Gasteiger partial charge in [-0.3, -0.25) is 4.79 Å². The molecule has 172 valence electrons. The third kappa shape index (κ3) is 7.15. The Bertz CT molecular complexity index is 1220. The van der Waals surface area contributed by atoms with Crippen LogP contribution in [0.3, 0.4) is 0 Å². The van der Waals surface area contributed by atoms with Crippen LogP contribution in [0.1, 0.15) is 30.3 Å². The number of anilines is 2. The summed E-state index contributed by atoms with van der Waals surface area (Å²) in [7, 11) is -3.86. The van der Waals surface area contributed by atoms with Crippen LogP contribution in [0, 0.1) is 13.8 Å². The molecule has 33 heavy (non-hydrogen) atoms. The van der Waals surface area contributed by atoms with Gasteiger partial charge in [0, 0.05) is 23.2 Å². The Morgan fingerprint density at radius 3 is 2.24 bits per heavy atom. The second-order valence-corrected chi connectivity index (χ2v) is 9.03. The maximum Gasteiger partial charge on any atom is 0.264 e. The Morgan fingerprint density at radius 1 is 1.00 bits per heavy atom. The van der Waals surface area contributed by atoms with Gasteiger partial charge in [-0.05, 0) is 74.4 Å². The van der Waals surface area contributed by atoms with Crippen LogP contribution < -0.4 is 14.8 Å². The summed E-state index contributed by atoms with van der Waals surface area (Å²) in [5, 5.41) is 2.70. The zero-order chi connectivity index (χ0) is 23.8. The molecule has 9 heteroatoms. The molecule has 0 bridgehead atoms. The fraction of sp³-hybridized carbons (Fsp3) is 0.208. The molecule has 1 heterocycles. The number of carbonyl (C=O) groups is 1. The van der Waals surface area contributed by atoms with Crippen molar-refractivity contribution in [3.63, 3.8) is 0 Å². The standard InChI is InChI=1S/C24H26N4O4S/c1-4-15-32-21-10-5-19(6-11-21)7-14-23(29)27-20-8-12-22(13-9-20)33(30,31)28-24-25-17(2)16-18(3)26-24/h5-14,16H,4,15H2,1-3H3,(H,27,29)(H,25,26,28). The van der Waals surface area contributed by atoms with Crippen molar-refractivity contribution in [1.29, 1.82) is 0 Å². The maximum absolute atomic E-state index is 12.6. The second-order valence-electron chi connectivity index (χ2n) is 7.34. The molecule has 8 nitrogen and oxygen atoms in total. The zero-order valence-corrected chi connectivity index (χ0v) is 19.5. The predicted octanol–water partition coefficient (Wildman–Crippen LogP) is 4.33. The molecule has 2 N–H and O–H groups in total. The van der Waals surface area contributed by atoms with Gasteiger partial charge in [0.05, 0.1) is 11.5 Å². The molecule has 1 amide bonds. The molecule has 1 aromatic heterocycles. The number of nitrogens with one attached hydrogen (secondary N) is 2. The van der Waals surface area contributed by atoms with Gasteiger partial charge in [-0.1, -0.05) is 19.1 Å². The van der Waals surface area contributed by atoms with Crippen LogP contribution in [0.15, 0.2) is 65.6 Å². The first kappa shape index (κ1) is 23.9. The third-order valence-electron chi connectivity index (χ3n) is 4.42. The number of benzene rings is 2. The fourth-order valence-corrected chi connectivity index (χ4v) is 3.86. The smallest absolute Gasteiger partial charge is 0.264 e. The second kappa shape index (κ2) is 10.7.